The van der Waals surface area contributed by atoms with Crippen LogP contribution in [0.15, 0.2) is 29.2 Å². The zero-order valence-corrected chi connectivity index (χ0v) is 11.2. The van der Waals surface area contributed by atoms with E-state index in [0.717, 1.165) is 23.6 Å². The third kappa shape index (κ3) is 2.82. The standard InChI is InChI=1S/C13H17N3S/c1-9-13(10(2)16-15-9)8-14-11-5-4-6-12(7-11)17-3/h4-7,14H,8H2,1-3H3,(H,15,16). The number of anilines is 1. The van der Waals surface area contributed by atoms with Gasteiger partial charge in [0.2, 0.25) is 0 Å². The Bertz CT molecular complexity index is 486. The van der Waals surface area contributed by atoms with Crippen molar-refractivity contribution >= 4 is 17.4 Å². The van der Waals surface area contributed by atoms with Crippen LogP contribution >= 0.6 is 11.8 Å². The molecule has 0 saturated carbocycles. The minimum absolute atomic E-state index is 0.812. The molecule has 0 unspecified atom stereocenters. The summed E-state index contributed by atoms with van der Waals surface area (Å²) < 4.78 is 0. The first-order valence-corrected chi connectivity index (χ1v) is 6.81. The van der Waals surface area contributed by atoms with Gasteiger partial charge in [0, 0.05) is 28.4 Å². The van der Waals surface area contributed by atoms with E-state index in [1.165, 1.54) is 10.5 Å². The Morgan fingerprint density at radius 2 is 2.18 bits per heavy atom. The summed E-state index contributed by atoms with van der Waals surface area (Å²) in [7, 11) is 0. The van der Waals surface area contributed by atoms with Crippen molar-refractivity contribution in [1.29, 1.82) is 0 Å². The molecular weight excluding hydrogens is 230 g/mol. The van der Waals surface area contributed by atoms with Crippen molar-refractivity contribution in [2.45, 2.75) is 25.3 Å². The molecule has 1 aromatic heterocycles. The lowest BCUT2D eigenvalue weighted by atomic mass is 10.2. The van der Waals surface area contributed by atoms with Gasteiger partial charge in [-0.05, 0) is 38.3 Å². The van der Waals surface area contributed by atoms with Gasteiger partial charge in [0.15, 0.2) is 0 Å². The molecule has 0 bridgehead atoms. The van der Waals surface area contributed by atoms with Gasteiger partial charge in [0.1, 0.15) is 0 Å². The van der Waals surface area contributed by atoms with E-state index in [2.05, 4.69) is 53.0 Å². The summed E-state index contributed by atoms with van der Waals surface area (Å²) in [5.41, 5.74) is 4.60. The van der Waals surface area contributed by atoms with Crippen molar-refractivity contribution in [3.63, 3.8) is 0 Å². The highest BCUT2D eigenvalue weighted by atomic mass is 32.2. The van der Waals surface area contributed by atoms with Crippen LogP contribution in [0.3, 0.4) is 0 Å². The van der Waals surface area contributed by atoms with Crippen LogP contribution in [-0.4, -0.2) is 16.5 Å². The summed E-state index contributed by atoms with van der Waals surface area (Å²) >= 11 is 1.75. The topological polar surface area (TPSA) is 40.7 Å². The maximum absolute atomic E-state index is 4.19. The number of hydrogen-bond donors (Lipinski definition) is 2. The molecule has 0 atom stereocenters. The van der Waals surface area contributed by atoms with E-state index in [9.17, 15) is 0 Å². The molecule has 0 aliphatic carbocycles. The number of aromatic amines is 1. The van der Waals surface area contributed by atoms with Crippen LogP contribution in [0, 0.1) is 13.8 Å². The summed E-state index contributed by atoms with van der Waals surface area (Å²) in [5.74, 6) is 0. The second kappa shape index (κ2) is 5.27. The zero-order valence-electron chi connectivity index (χ0n) is 10.4. The normalized spacial score (nSPS) is 10.5. The summed E-state index contributed by atoms with van der Waals surface area (Å²) in [6.45, 7) is 4.89. The van der Waals surface area contributed by atoms with Gasteiger partial charge in [0.25, 0.3) is 0 Å². The van der Waals surface area contributed by atoms with Gasteiger partial charge in [-0.15, -0.1) is 11.8 Å². The van der Waals surface area contributed by atoms with E-state index in [-0.39, 0.29) is 0 Å². The van der Waals surface area contributed by atoms with Crippen LogP contribution in [0.1, 0.15) is 17.0 Å². The fraction of sp³-hybridized carbons (Fsp3) is 0.308. The van der Waals surface area contributed by atoms with E-state index >= 15 is 0 Å². The van der Waals surface area contributed by atoms with E-state index in [0.29, 0.717) is 0 Å². The molecule has 0 fully saturated rings. The average molecular weight is 247 g/mol. The van der Waals surface area contributed by atoms with Crippen molar-refractivity contribution in [1.82, 2.24) is 10.2 Å². The van der Waals surface area contributed by atoms with Gasteiger partial charge in [-0.3, -0.25) is 5.10 Å². The molecule has 90 valence electrons. The fourth-order valence-electron chi connectivity index (χ4n) is 1.76. The average Bonchev–Trinajstić information content (AvgIpc) is 2.67. The molecular formula is C13H17N3S. The molecule has 1 heterocycles. The van der Waals surface area contributed by atoms with Gasteiger partial charge in [-0.1, -0.05) is 6.07 Å². The van der Waals surface area contributed by atoms with Gasteiger partial charge in [0.05, 0.1) is 5.69 Å². The maximum atomic E-state index is 4.19. The second-order valence-electron chi connectivity index (χ2n) is 4.00. The third-order valence-electron chi connectivity index (χ3n) is 2.82. The minimum atomic E-state index is 0.812. The smallest absolute Gasteiger partial charge is 0.0643 e. The molecule has 17 heavy (non-hydrogen) atoms. The highest BCUT2D eigenvalue weighted by Gasteiger charge is 2.05. The number of rotatable bonds is 4. The molecule has 0 spiro atoms. The fourth-order valence-corrected chi connectivity index (χ4v) is 2.22. The quantitative estimate of drug-likeness (QED) is 0.814. The highest BCUT2D eigenvalue weighted by molar-refractivity contribution is 7.98. The number of aromatic nitrogens is 2. The Morgan fingerprint density at radius 1 is 1.35 bits per heavy atom. The number of H-pyrrole nitrogens is 1. The van der Waals surface area contributed by atoms with Gasteiger partial charge in [-0.25, -0.2) is 0 Å². The highest BCUT2D eigenvalue weighted by Crippen LogP contribution is 2.20. The molecule has 0 saturated heterocycles. The molecule has 0 amide bonds. The molecule has 0 radical (unpaired) electrons. The predicted octanol–water partition coefficient (Wildman–Crippen LogP) is 3.36. The summed E-state index contributed by atoms with van der Waals surface area (Å²) in [6.07, 6.45) is 2.09. The van der Waals surface area contributed by atoms with Crippen molar-refractivity contribution < 1.29 is 0 Å². The lowest BCUT2D eigenvalue weighted by molar-refractivity contribution is 1.02. The number of aryl methyl sites for hydroxylation is 2. The Morgan fingerprint density at radius 3 is 2.82 bits per heavy atom. The number of nitrogens with zero attached hydrogens (tertiary/aromatic N) is 1. The van der Waals surface area contributed by atoms with Crippen LogP contribution in [0.4, 0.5) is 5.69 Å². The molecule has 1 aromatic carbocycles. The molecule has 2 N–H and O–H groups in total. The van der Waals surface area contributed by atoms with Gasteiger partial charge < -0.3 is 5.32 Å². The van der Waals surface area contributed by atoms with Crippen molar-refractivity contribution in [3.8, 4) is 0 Å². The number of hydrogen-bond acceptors (Lipinski definition) is 3. The molecule has 3 nitrogen and oxygen atoms in total. The van der Waals surface area contributed by atoms with E-state index in [1.807, 2.05) is 6.92 Å². The monoisotopic (exact) mass is 247 g/mol. The van der Waals surface area contributed by atoms with E-state index < -0.39 is 0 Å². The van der Waals surface area contributed by atoms with Crippen LogP contribution in [-0.2, 0) is 6.54 Å². The SMILES string of the molecule is CSc1cccc(NCc2c(C)n[nH]c2C)c1. The number of thioether (sulfide) groups is 1. The first kappa shape index (κ1) is 12.0. The zero-order chi connectivity index (χ0) is 12.3. The van der Waals surface area contributed by atoms with Crippen molar-refractivity contribution in [2.75, 3.05) is 11.6 Å². The summed E-state index contributed by atoms with van der Waals surface area (Å²) in [4.78, 5) is 1.27. The maximum Gasteiger partial charge on any atom is 0.0643 e. The first-order valence-electron chi connectivity index (χ1n) is 5.59. The third-order valence-corrected chi connectivity index (χ3v) is 3.55. The summed E-state index contributed by atoms with van der Waals surface area (Å²) in [6, 6.07) is 8.44. The second-order valence-corrected chi connectivity index (χ2v) is 4.88. The van der Waals surface area contributed by atoms with Crippen LogP contribution < -0.4 is 5.32 Å². The lowest BCUT2D eigenvalue weighted by Crippen LogP contribution is -2.01. The molecule has 4 heteroatoms. The van der Waals surface area contributed by atoms with Gasteiger partial charge in [-0.2, -0.15) is 5.10 Å². The summed E-state index contributed by atoms with van der Waals surface area (Å²) in [5, 5.41) is 10.6. The van der Waals surface area contributed by atoms with E-state index in [4.69, 9.17) is 0 Å². The van der Waals surface area contributed by atoms with Crippen molar-refractivity contribution in [2.24, 2.45) is 0 Å². The molecule has 0 aliphatic heterocycles. The minimum Gasteiger partial charge on any atom is -0.381 e. The predicted molar refractivity (Wildman–Crippen MR) is 73.6 cm³/mol. The van der Waals surface area contributed by atoms with Crippen LogP contribution in [0.2, 0.25) is 0 Å². The number of nitrogens with one attached hydrogen (secondary N) is 2. The van der Waals surface area contributed by atoms with Crippen LogP contribution in [0.25, 0.3) is 0 Å². The molecule has 2 rings (SSSR count). The largest absolute Gasteiger partial charge is 0.381 e. The molecule has 2 aromatic rings. The first-order chi connectivity index (χ1) is 8.20. The van der Waals surface area contributed by atoms with E-state index in [1.54, 1.807) is 11.8 Å². The Hall–Kier alpha value is -1.42. The number of benzene rings is 1. The Balaban J connectivity index is 2.07. The Kier molecular flexibility index (Phi) is 3.74. The Labute approximate surface area is 106 Å². The molecule has 0 aliphatic rings. The lowest BCUT2D eigenvalue weighted by Gasteiger charge is -2.07. The van der Waals surface area contributed by atoms with Crippen LogP contribution in [0.5, 0.6) is 0 Å². The van der Waals surface area contributed by atoms with Gasteiger partial charge >= 0.3 is 0 Å². The van der Waals surface area contributed by atoms with Crippen molar-refractivity contribution in [3.05, 3.63) is 41.2 Å².